The summed E-state index contributed by atoms with van der Waals surface area (Å²) >= 11 is 0. The standard InChI is InChI=1S/C12H11F2NO2/c1-3-7-4-10(12(16)17-2)9(11(13)14)5-8(7)6-15/h4-5,11H,3H2,1-2H3. The zero-order chi connectivity index (χ0) is 13.0. The Kier molecular flexibility index (Phi) is 4.16. The molecule has 1 aromatic carbocycles. The van der Waals surface area contributed by atoms with E-state index in [-0.39, 0.29) is 11.1 Å². The molecule has 0 aliphatic rings. The maximum Gasteiger partial charge on any atom is 0.338 e. The number of carbonyl (C=O) groups excluding carboxylic acids is 1. The molecule has 5 heteroatoms. The smallest absolute Gasteiger partial charge is 0.338 e. The van der Waals surface area contributed by atoms with Gasteiger partial charge >= 0.3 is 5.97 Å². The van der Waals surface area contributed by atoms with Crippen molar-refractivity contribution in [1.29, 1.82) is 5.26 Å². The van der Waals surface area contributed by atoms with E-state index in [2.05, 4.69) is 4.74 Å². The molecule has 0 saturated carbocycles. The normalized spacial score (nSPS) is 10.1. The Hall–Kier alpha value is -1.96. The summed E-state index contributed by atoms with van der Waals surface area (Å²) in [6.07, 6.45) is -2.33. The number of aryl methyl sites for hydroxylation is 1. The van der Waals surface area contributed by atoms with Gasteiger partial charge in [-0.2, -0.15) is 5.26 Å². The summed E-state index contributed by atoms with van der Waals surface area (Å²) < 4.78 is 30.0. The molecule has 0 N–H and O–H groups in total. The number of hydrogen-bond acceptors (Lipinski definition) is 3. The Morgan fingerprint density at radius 2 is 2.18 bits per heavy atom. The molecule has 0 aliphatic carbocycles. The van der Waals surface area contributed by atoms with Crippen LogP contribution in [-0.2, 0) is 11.2 Å². The molecule has 0 aromatic heterocycles. The zero-order valence-electron chi connectivity index (χ0n) is 9.46. The molecule has 1 aromatic rings. The largest absolute Gasteiger partial charge is 0.465 e. The third kappa shape index (κ3) is 2.59. The molecule has 1 rings (SSSR count). The van der Waals surface area contributed by atoms with Crippen molar-refractivity contribution in [2.75, 3.05) is 7.11 Å². The van der Waals surface area contributed by atoms with Gasteiger partial charge < -0.3 is 4.74 Å². The number of alkyl halides is 2. The van der Waals surface area contributed by atoms with Gasteiger partial charge in [-0.1, -0.05) is 6.92 Å². The van der Waals surface area contributed by atoms with E-state index in [1.54, 1.807) is 6.92 Å². The molecule has 0 bridgehead atoms. The molecule has 0 amide bonds. The van der Waals surface area contributed by atoms with Crippen LogP contribution in [0.1, 0.15) is 40.4 Å². The molecule has 0 spiro atoms. The van der Waals surface area contributed by atoms with Crippen LogP contribution in [0.2, 0.25) is 0 Å². The SMILES string of the molecule is CCc1cc(C(=O)OC)c(C(F)F)cc1C#N. The molecule has 0 atom stereocenters. The van der Waals surface area contributed by atoms with Gasteiger partial charge in [0.05, 0.1) is 24.3 Å². The van der Waals surface area contributed by atoms with Crippen molar-refractivity contribution in [1.82, 2.24) is 0 Å². The van der Waals surface area contributed by atoms with E-state index < -0.39 is 18.0 Å². The summed E-state index contributed by atoms with van der Waals surface area (Å²) in [5.41, 5.74) is 0.0664. The van der Waals surface area contributed by atoms with Crippen LogP contribution in [-0.4, -0.2) is 13.1 Å². The van der Waals surface area contributed by atoms with Crippen LogP contribution in [0.5, 0.6) is 0 Å². The summed E-state index contributed by atoms with van der Waals surface area (Å²) in [7, 11) is 1.13. The lowest BCUT2D eigenvalue weighted by Gasteiger charge is -2.10. The fourth-order valence-electron chi connectivity index (χ4n) is 1.53. The third-order valence-corrected chi connectivity index (χ3v) is 2.42. The highest BCUT2D eigenvalue weighted by Gasteiger charge is 2.21. The number of nitrogens with zero attached hydrogens (tertiary/aromatic N) is 1. The maximum atomic E-state index is 12.8. The Balaban J connectivity index is 3.47. The highest BCUT2D eigenvalue weighted by atomic mass is 19.3. The highest BCUT2D eigenvalue weighted by molar-refractivity contribution is 5.91. The number of nitriles is 1. The second-order valence-corrected chi connectivity index (χ2v) is 3.35. The van der Waals surface area contributed by atoms with Crippen molar-refractivity contribution in [3.63, 3.8) is 0 Å². The van der Waals surface area contributed by atoms with E-state index in [4.69, 9.17) is 5.26 Å². The van der Waals surface area contributed by atoms with Crippen LogP contribution in [0.15, 0.2) is 12.1 Å². The predicted octanol–water partition coefficient (Wildman–Crippen LogP) is 2.84. The number of methoxy groups -OCH3 is 1. The molecule has 3 nitrogen and oxygen atoms in total. The van der Waals surface area contributed by atoms with E-state index in [0.717, 1.165) is 13.2 Å². The van der Waals surface area contributed by atoms with Crippen molar-refractivity contribution >= 4 is 5.97 Å². The van der Waals surface area contributed by atoms with Crippen LogP contribution in [0, 0.1) is 11.3 Å². The predicted molar refractivity (Wildman–Crippen MR) is 56.8 cm³/mol. The van der Waals surface area contributed by atoms with Gasteiger partial charge in [0.25, 0.3) is 6.43 Å². The second-order valence-electron chi connectivity index (χ2n) is 3.35. The van der Waals surface area contributed by atoms with E-state index in [9.17, 15) is 13.6 Å². The maximum absolute atomic E-state index is 12.8. The lowest BCUT2D eigenvalue weighted by Crippen LogP contribution is -2.08. The number of ether oxygens (including phenoxy) is 1. The molecular formula is C12H11F2NO2. The van der Waals surface area contributed by atoms with Gasteiger partial charge in [-0.3, -0.25) is 0 Å². The molecule has 0 heterocycles. The monoisotopic (exact) mass is 239 g/mol. The fraction of sp³-hybridized carbons (Fsp3) is 0.333. The molecular weight excluding hydrogens is 228 g/mol. The van der Waals surface area contributed by atoms with Crippen LogP contribution in [0.25, 0.3) is 0 Å². The Morgan fingerprint density at radius 3 is 2.59 bits per heavy atom. The van der Waals surface area contributed by atoms with Gasteiger partial charge in [-0.25, -0.2) is 13.6 Å². The van der Waals surface area contributed by atoms with Crippen molar-refractivity contribution in [2.24, 2.45) is 0 Å². The second kappa shape index (κ2) is 5.39. The first-order chi connectivity index (χ1) is 8.04. The van der Waals surface area contributed by atoms with Crippen LogP contribution < -0.4 is 0 Å². The van der Waals surface area contributed by atoms with Crippen molar-refractivity contribution in [3.8, 4) is 6.07 Å². The molecule has 0 aliphatic heterocycles. The topological polar surface area (TPSA) is 50.1 Å². The van der Waals surface area contributed by atoms with Crippen molar-refractivity contribution in [2.45, 2.75) is 19.8 Å². The Morgan fingerprint density at radius 1 is 1.53 bits per heavy atom. The molecule has 17 heavy (non-hydrogen) atoms. The van der Waals surface area contributed by atoms with Gasteiger partial charge in [-0.15, -0.1) is 0 Å². The van der Waals surface area contributed by atoms with E-state index >= 15 is 0 Å². The number of rotatable bonds is 3. The first-order valence-corrected chi connectivity index (χ1v) is 4.98. The van der Waals surface area contributed by atoms with Gasteiger partial charge in [-0.05, 0) is 24.1 Å². The summed E-state index contributed by atoms with van der Waals surface area (Å²) in [6, 6.07) is 4.19. The summed E-state index contributed by atoms with van der Waals surface area (Å²) in [5.74, 6) is -0.820. The first-order valence-electron chi connectivity index (χ1n) is 4.98. The first kappa shape index (κ1) is 13.1. The lowest BCUT2D eigenvalue weighted by molar-refractivity contribution is 0.0589. The van der Waals surface area contributed by atoms with Gasteiger partial charge in [0.1, 0.15) is 0 Å². The minimum absolute atomic E-state index is 0.162. The van der Waals surface area contributed by atoms with Crippen LogP contribution in [0.4, 0.5) is 8.78 Å². The highest BCUT2D eigenvalue weighted by Crippen LogP contribution is 2.27. The molecule has 0 unspecified atom stereocenters. The number of carbonyl (C=O) groups is 1. The average Bonchev–Trinajstić information content (AvgIpc) is 2.35. The number of benzene rings is 1. The number of esters is 1. The minimum Gasteiger partial charge on any atom is -0.465 e. The minimum atomic E-state index is -2.82. The molecule has 0 saturated heterocycles. The Labute approximate surface area is 97.6 Å². The quantitative estimate of drug-likeness (QED) is 0.762. The van der Waals surface area contributed by atoms with Crippen molar-refractivity contribution in [3.05, 3.63) is 34.4 Å². The van der Waals surface area contributed by atoms with Crippen LogP contribution >= 0.6 is 0 Å². The van der Waals surface area contributed by atoms with Crippen LogP contribution in [0.3, 0.4) is 0 Å². The molecule has 0 radical (unpaired) electrons. The van der Waals surface area contributed by atoms with E-state index in [0.29, 0.717) is 12.0 Å². The van der Waals surface area contributed by atoms with Crippen molar-refractivity contribution < 1.29 is 18.3 Å². The fourth-order valence-corrected chi connectivity index (χ4v) is 1.53. The summed E-state index contributed by atoms with van der Waals surface area (Å²) in [5, 5.41) is 8.83. The zero-order valence-corrected chi connectivity index (χ0v) is 9.46. The Bertz CT molecular complexity index is 478. The number of hydrogen-bond donors (Lipinski definition) is 0. The van der Waals surface area contributed by atoms with E-state index in [1.807, 2.05) is 6.07 Å². The molecule has 90 valence electrons. The summed E-state index contributed by atoms with van der Waals surface area (Å²) in [4.78, 5) is 11.4. The van der Waals surface area contributed by atoms with E-state index in [1.165, 1.54) is 6.07 Å². The molecule has 0 fully saturated rings. The average molecular weight is 239 g/mol. The number of halogens is 2. The van der Waals surface area contributed by atoms with Gasteiger partial charge in [0.2, 0.25) is 0 Å². The van der Waals surface area contributed by atoms with Gasteiger partial charge in [0, 0.05) is 5.56 Å². The lowest BCUT2D eigenvalue weighted by atomic mass is 9.97. The van der Waals surface area contributed by atoms with Gasteiger partial charge in [0.15, 0.2) is 0 Å². The third-order valence-electron chi connectivity index (χ3n) is 2.42. The summed E-state index contributed by atoms with van der Waals surface area (Å²) in [6.45, 7) is 1.78.